The van der Waals surface area contributed by atoms with Gasteiger partial charge in [-0.25, -0.2) is 0 Å². The van der Waals surface area contributed by atoms with Crippen LogP contribution in [0.25, 0.3) is 0 Å². The van der Waals surface area contributed by atoms with E-state index in [9.17, 15) is 4.79 Å². The molecule has 0 aliphatic heterocycles. The lowest BCUT2D eigenvalue weighted by Crippen LogP contribution is -2.12. The van der Waals surface area contributed by atoms with Crippen molar-refractivity contribution in [3.8, 4) is 5.75 Å². The summed E-state index contributed by atoms with van der Waals surface area (Å²) in [6, 6.07) is 5.54. The van der Waals surface area contributed by atoms with Crippen molar-refractivity contribution in [1.82, 2.24) is 4.90 Å². The fourth-order valence-electron chi connectivity index (χ4n) is 1.29. The number of aldehydes is 1. The molecule has 0 N–H and O–H groups in total. The molecule has 0 aromatic heterocycles. The van der Waals surface area contributed by atoms with Gasteiger partial charge in [-0.1, -0.05) is 6.07 Å². The molecule has 0 amide bonds. The number of methoxy groups -OCH3 is 1. The highest BCUT2D eigenvalue weighted by Gasteiger charge is 2.04. The first-order valence-corrected chi connectivity index (χ1v) is 4.44. The summed E-state index contributed by atoms with van der Waals surface area (Å²) in [6.45, 7) is 0.762. The van der Waals surface area contributed by atoms with Gasteiger partial charge >= 0.3 is 0 Å². The lowest BCUT2D eigenvalue weighted by atomic mass is 10.1. The Morgan fingerprint density at radius 1 is 1.43 bits per heavy atom. The first-order chi connectivity index (χ1) is 6.67. The van der Waals surface area contributed by atoms with E-state index in [2.05, 4.69) is 0 Å². The molecule has 0 saturated heterocycles. The summed E-state index contributed by atoms with van der Waals surface area (Å²) in [4.78, 5) is 12.8. The number of carbonyl (C=O) groups excluding carboxylic acids is 1. The topological polar surface area (TPSA) is 29.5 Å². The first-order valence-electron chi connectivity index (χ1n) is 4.44. The molecule has 14 heavy (non-hydrogen) atoms. The zero-order valence-electron chi connectivity index (χ0n) is 8.78. The summed E-state index contributed by atoms with van der Waals surface area (Å²) in [5.74, 6) is 0.717. The molecule has 3 heteroatoms. The van der Waals surface area contributed by atoms with Gasteiger partial charge in [0, 0.05) is 12.1 Å². The van der Waals surface area contributed by atoms with Crippen LogP contribution in [0.15, 0.2) is 18.2 Å². The third-order valence-corrected chi connectivity index (χ3v) is 1.97. The van der Waals surface area contributed by atoms with Crippen LogP contribution in [0.5, 0.6) is 5.75 Å². The second-order valence-electron chi connectivity index (χ2n) is 3.42. The van der Waals surface area contributed by atoms with Crippen molar-refractivity contribution < 1.29 is 9.53 Å². The van der Waals surface area contributed by atoms with Crippen LogP contribution in [0, 0.1) is 0 Å². The van der Waals surface area contributed by atoms with E-state index in [0.717, 1.165) is 24.1 Å². The van der Waals surface area contributed by atoms with Crippen LogP contribution in [0.1, 0.15) is 15.9 Å². The second kappa shape index (κ2) is 4.77. The number of carbonyl (C=O) groups is 1. The summed E-state index contributed by atoms with van der Waals surface area (Å²) < 4.78 is 5.04. The molecular formula is C11H15NO2. The van der Waals surface area contributed by atoms with E-state index in [-0.39, 0.29) is 0 Å². The summed E-state index contributed by atoms with van der Waals surface area (Å²) in [5.41, 5.74) is 1.71. The van der Waals surface area contributed by atoms with Crippen LogP contribution in [-0.4, -0.2) is 32.4 Å². The van der Waals surface area contributed by atoms with Crippen molar-refractivity contribution in [3.05, 3.63) is 29.3 Å². The number of ether oxygens (including phenoxy) is 1. The van der Waals surface area contributed by atoms with Gasteiger partial charge in [-0.15, -0.1) is 0 Å². The molecule has 0 fully saturated rings. The first kappa shape index (κ1) is 10.7. The van der Waals surface area contributed by atoms with Gasteiger partial charge in [0.05, 0.1) is 7.11 Å². The zero-order valence-corrected chi connectivity index (χ0v) is 8.78. The van der Waals surface area contributed by atoms with Gasteiger partial charge < -0.3 is 9.64 Å². The quantitative estimate of drug-likeness (QED) is 0.680. The molecule has 76 valence electrons. The maximum absolute atomic E-state index is 10.8. The van der Waals surface area contributed by atoms with Gasteiger partial charge in [-0.2, -0.15) is 0 Å². The second-order valence-corrected chi connectivity index (χ2v) is 3.42. The molecular weight excluding hydrogens is 178 g/mol. The van der Waals surface area contributed by atoms with E-state index in [0.29, 0.717) is 5.56 Å². The fourth-order valence-corrected chi connectivity index (χ4v) is 1.29. The Morgan fingerprint density at radius 2 is 2.14 bits per heavy atom. The minimum absolute atomic E-state index is 0.693. The van der Waals surface area contributed by atoms with Crippen molar-refractivity contribution in [1.29, 1.82) is 0 Å². The van der Waals surface area contributed by atoms with Crippen LogP contribution in [-0.2, 0) is 6.54 Å². The molecule has 0 heterocycles. The maximum atomic E-state index is 10.8. The lowest BCUT2D eigenvalue weighted by Gasteiger charge is -2.12. The highest BCUT2D eigenvalue weighted by atomic mass is 16.5. The van der Waals surface area contributed by atoms with E-state index in [1.807, 2.05) is 31.1 Å². The largest absolute Gasteiger partial charge is 0.497 e. The molecule has 1 aromatic rings. The summed E-state index contributed by atoms with van der Waals surface area (Å²) >= 11 is 0. The molecule has 0 bridgehead atoms. The number of nitrogens with zero attached hydrogens (tertiary/aromatic N) is 1. The van der Waals surface area contributed by atoms with Gasteiger partial charge in [0.1, 0.15) is 5.75 Å². The van der Waals surface area contributed by atoms with E-state index in [1.165, 1.54) is 0 Å². The van der Waals surface area contributed by atoms with Crippen molar-refractivity contribution >= 4 is 6.29 Å². The molecule has 1 aromatic carbocycles. The molecule has 0 radical (unpaired) electrons. The minimum atomic E-state index is 0.693. The number of hydrogen-bond donors (Lipinski definition) is 0. The van der Waals surface area contributed by atoms with E-state index in [1.54, 1.807) is 13.2 Å². The highest BCUT2D eigenvalue weighted by molar-refractivity contribution is 5.78. The monoisotopic (exact) mass is 193 g/mol. The van der Waals surface area contributed by atoms with E-state index in [4.69, 9.17) is 4.74 Å². The standard InChI is InChI=1S/C11H15NO2/c1-12(2)7-9-4-5-11(14-3)6-10(9)8-13/h4-6,8H,7H2,1-3H3. The average Bonchev–Trinajstić information content (AvgIpc) is 2.17. The Balaban J connectivity index is 2.99. The Kier molecular flexibility index (Phi) is 3.65. The Bertz CT molecular complexity index is 321. The number of benzene rings is 1. The Morgan fingerprint density at radius 3 is 2.64 bits per heavy atom. The zero-order chi connectivity index (χ0) is 10.6. The van der Waals surface area contributed by atoms with Crippen molar-refractivity contribution in [2.24, 2.45) is 0 Å². The summed E-state index contributed by atoms with van der Waals surface area (Å²) in [7, 11) is 5.53. The molecule has 0 unspecified atom stereocenters. The smallest absolute Gasteiger partial charge is 0.150 e. The van der Waals surface area contributed by atoms with E-state index >= 15 is 0 Å². The molecule has 0 saturated carbocycles. The van der Waals surface area contributed by atoms with Crippen molar-refractivity contribution in [2.75, 3.05) is 21.2 Å². The van der Waals surface area contributed by atoms with Crippen LogP contribution < -0.4 is 4.74 Å². The third-order valence-electron chi connectivity index (χ3n) is 1.97. The lowest BCUT2D eigenvalue weighted by molar-refractivity contribution is 0.112. The van der Waals surface area contributed by atoms with Crippen LogP contribution in [0.2, 0.25) is 0 Å². The summed E-state index contributed by atoms with van der Waals surface area (Å²) in [6.07, 6.45) is 0.862. The molecule has 3 nitrogen and oxygen atoms in total. The molecule has 0 aliphatic rings. The maximum Gasteiger partial charge on any atom is 0.150 e. The van der Waals surface area contributed by atoms with Crippen molar-refractivity contribution in [2.45, 2.75) is 6.54 Å². The normalized spacial score (nSPS) is 10.3. The van der Waals surface area contributed by atoms with Gasteiger partial charge in [0.15, 0.2) is 6.29 Å². The molecule has 0 atom stereocenters. The van der Waals surface area contributed by atoms with Gasteiger partial charge in [0.2, 0.25) is 0 Å². The van der Waals surface area contributed by atoms with Crippen molar-refractivity contribution in [3.63, 3.8) is 0 Å². The van der Waals surface area contributed by atoms with Crippen LogP contribution in [0.3, 0.4) is 0 Å². The van der Waals surface area contributed by atoms with Crippen LogP contribution >= 0.6 is 0 Å². The number of rotatable bonds is 4. The van der Waals surface area contributed by atoms with Gasteiger partial charge in [-0.05, 0) is 31.8 Å². The molecule has 0 spiro atoms. The van der Waals surface area contributed by atoms with Gasteiger partial charge in [-0.3, -0.25) is 4.79 Å². The third kappa shape index (κ3) is 2.57. The fraction of sp³-hybridized carbons (Fsp3) is 0.364. The molecule has 1 rings (SSSR count). The SMILES string of the molecule is COc1ccc(CN(C)C)c(C=O)c1. The minimum Gasteiger partial charge on any atom is -0.497 e. The molecule has 0 aliphatic carbocycles. The highest BCUT2D eigenvalue weighted by Crippen LogP contribution is 2.16. The average molecular weight is 193 g/mol. The Labute approximate surface area is 84.3 Å². The van der Waals surface area contributed by atoms with E-state index < -0.39 is 0 Å². The summed E-state index contributed by atoms with van der Waals surface area (Å²) in [5, 5.41) is 0. The predicted molar refractivity (Wildman–Crippen MR) is 55.8 cm³/mol. The predicted octanol–water partition coefficient (Wildman–Crippen LogP) is 1.57. The Hall–Kier alpha value is -1.35. The van der Waals surface area contributed by atoms with Crippen LogP contribution in [0.4, 0.5) is 0 Å². The van der Waals surface area contributed by atoms with Gasteiger partial charge in [0.25, 0.3) is 0 Å². The number of hydrogen-bond acceptors (Lipinski definition) is 3.